The predicted octanol–water partition coefficient (Wildman–Crippen LogP) is 2.81. The Morgan fingerprint density at radius 3 is 2.42 bits per heavy atom. The number of aliphatic imine (C=N–C) groups is 1. The number of rotatable bonds is 10. The van der Waals surface area contributed by atoms with E-state index in [1.165, 1.54) is 12.0 Å². The van der Waals surface area contributed by atoms with Crippen molar-refractivity contribution in [3.8, 4) is 0 Å². The predicted molar refractivity (Wildman–Crippen MR) is 111 cm³/mol. The summed E-state index contributed by atoms with van der Waals surface area (Å²) in [6.45, 7) is 13.4. The molecule has 0 aliphatic heterocycles. The zero-order valence-electron chi connectivity index (χ0n) is 15.8. The van der Waals surface area contributed by atoms with E-state index in [-0.39, 0.29) is 24.0 Å². The van der Waals surface area contributed by atoms with Crippen molar-refractivity contribution in [3.63, 3.8) is 0 Å². The summed E-state index contributed by atoms with van der Waals surface area (Å²) in [5.41, 5.74) is 2.20. The summed E-state index contributed by atoms with van der Waals surface area (Å²) in [5, 5.41) is 10.9. The summed E-state index contributed by atoms with van der Waals surface area (Å²) in [7, 11) is 1.80. The van der Waals surface area contributed by atoms with Gasteiger partial charge >= 0.3 is 0 Å². The van der Waals surface area contributed by atoms with Crippen LogP contribution in [0.25, 0.3) is 0 Å². The molecule has 0 unspecified atom stereocenters. The Morgan fingerprint density at radius 1 is 1.12 bits per heavy atom. The molecule has 0 amide bonds. The standard InChI is InChI=1S/C17H33N5O.HI/c1-6-11-22(9-4)12-10-19-17(18-5)20-13-14-15(7-2)21-23-16(14)8-3;/h6-13H2,1-5H3,(H2,18,19,20);1H. The molecule has 140 valence electrons. The van der Waals surface area contributed by atoms with Crippen molar-refractivity contribution in [2.75, 3.05) is 33.2 Å². The molecule has 0 aliphatic rings. The molecular weight excluding hydrogens is 417 g/mol. The third-order valence-corrected chi connectivity index (χ3v) is 3.97. The second-order valence-electron chi connectivity index (χ2n) is 5.52. The Morgan fingerprint density at radius 2 is 1.88 bits per heavy atom. The normalized spacial score (nSPS) is 11.5. The minimum absolute atomic E-state index is 0. The van der Waals surface area contributed by atoms with Crippen LogP contribution in [0.4, 0.5) is 0 Å². The Balaban J connectivity index is 0.00000529. The molecular formula is C17H34IN5O. The van der Waals surface area contributed by atoms with Crippen molar-refractivity contribution in [2.45, 2.75) is 53.5 Å². The lowest BCUT2D eigenvalue weighted by Crippen LogP contribution is -2.41. The summed E-state index contributed by atoms with van der Waals surface area (Å²) in [4.78, 5) is 6.73. The van der Waals surface area contributed by atoms with Gasteiger partial charge in [0.25, 0.3) is 0 Å². The van der Waals surface area contributed by atoms with Crippen molar-refractivity contribution in [1.29, 1.82) is 0 Å². The molecule has 0 bridgehead atoms. The second kappa shape index (κ2) is 13.5. The molecule has 0 saturated carbocycles. The third-order valence-electron chi connectivity index (χ3n) is 3.97. The van der Waals surface area contributed by atoms with Crippen LogP contribution in [0.1, 0.15) is 51.1 Å². The zero-order chi connectivity index (χ0) is 17.1. The number of nitrogens with zero attached hydrogens (tertiary/aromatic N) is 3. The minimum Gasteiger partial charge on any atom is -0.361 e. The van der Waals surface area contributed by atoms with Crippen LogP contribution in [0.2, 0.25) is 0 Å². The van der Waals surface area contributed by atoms with E-state index in [0.29, 0.717) is 6.54 Å². The van der Waals surface area contributed by atoms with Gasteiger partial charge in [-0.3, -0.25) is 4.99 Å². The molecule has 1 rings (SSSR count). The third kappa shape index (κ3) is 7.38. The molecule has 0 fully saturated rings. The van der Waals surface area contributed by atoms with E-state index in [4.69, 9.17) is 4.52 Å². The van der Waals surface area contributed by atoms with Crippen LogP contribution in [-0.2, 0) is 19.4 Å². The van der Waals surface area contributed by atoms with Crippen molar-refractivity contribution in [2.24, 2.45) is 4.99 Å². The highest BCUT2D eigenvalue weighted by Gasteiger charge is 2.13. The van der Waals surface area contributed by atoms with Gasteiger partial charge in [-0.05, 0) is 25.9 Å². The molecule has 1 heterocycles. The van der Waals surface area contributed by atoms with Crippen molar-refractivity contribution in [1.82, 2.24) is 20.7 Å². The van der Waals surface area contributed by atoms with Gasteiger partial charge in [-0.25, -0.2) is 0 Å². The summed E-state index contributed by atoms with van der Waals surface area (Å²) >= 11 is 0. The number of halogens is 1. The number of guanidine groups is 1. The highest BCUT2D eigenvalue weighted by molar-refractivity contribution is 14.0. The molecule has 0 aliphatic carbocycles. The van der Waals surface area contributed by atoms with Crippen LogP contribution < -0.4 is 10.6 Å². The van der Waals surface area contributed by atoms with Crippen molar-refractivity contribution < 1.29 is 4.52 Å². The van der Waals surface area contributed by atoms with E-state index < -0.39 is 0 Å². The SMILES string of the molecule is CCCN(CC)CCNC(=NC)NCc1c(CC)noc1CC.I. The molecule has 0 atom stereocenters. The number of aromatic nitrogens is 1. The fraction of sp³-hybridized carbons (Fsp3) is 0.765. The van der Waals surface area contributed by atoms with E-state index in [0.717, 1.165) is 56.4 Å². The highest BCUT2D eigenvalue weighted by Crippen LogP contribution is 2.15. The van der Waals surface area contributed by atoms with Crippen LogP contribution in [0.15, 0.2) is 9.52 Å². The molecule has 0 aromatic carbocycles. The number of hydrogen-bond donors (Lipinski definition) is 2. The fourth-order valence-electron chi connectivity index (χ4n) is 2.61. The highest BCUT2D eigenvalue weighted by atomic mass is 127. The molecule has 24 heavy (non-hydrogen) atoms. The smallest absolute Gasteiger partial charge is 0.191 e. The van der Waals surface area contributed by atoms with Crippen LogP contribution in [0.5, 0.6) is 0 Å². The summed E-state index contributed by atoms with van der Waals surface area (Å²) in [6.07, 6.45) is 2.93. The molecule has 7 heteroatoms. The first-order chi connectivity index (χ1) is 11.2. The van der Waals surface area contributed by atoms with Gasteiger partial charge in [0.05, 0.1) is 5.69 Å². The van der Waals surface area contributed by atoms with Gasteiger partial charge in [0.15, 0.2) is 5.96 Å². The van der Waals surface area contributed by atoms with Gasteiger partial charge in [0.1, 0.15) is 5.76 Å². The van der Waals surface area contributed by atoms with E-state index in [9.17, 15) is 0 Å². The maximum Gasteiger partial charge on any atom is 0.191 e. The van der Waals surface area contributed by atoms with Crippen LogP contribution in [-0.4, -0.2) is 49.2 Å². The maximum atomic E-state index is 5.40. The summed E-state index contributed by atoms with van der Waals surface area (Å²) < 4.78 is 5.40. The molecule has 0 spiro atoms. The van der Waals surface area contributed by atoms with Crippen LogP contribution >= 0.6 is 24.0 Å². The number of nitrogens with one attached hydrogen (secondary N) is 2. The topological polar surface area (TPSA) is 65.7 Å². The van der Waals surface area contributed by atoms with Crippen LogP contribution in [0.3, 0.4) is 0 Å². The molecule has 2 N–H and O–H groups in total. The summed E-state index contributed by atoms with van der Waals surface area (Å²) in [5.74, 6) is 1.78. The molecule has 1 aromatic heterocycles. The van der Waals surface area contributed by atoms with Crippen molar-refractivity contribution in [3.05, 3.63) is 17.0 Å². The lowest BCUT2D eigenvalue weighted by atomic mass is 10.1. The number of hydrogen-bond acceptors (Lipinski definition) is 4. The van der Waals surface area contributed by atoms with Gasteiger partial charge in [-0.15, -0.1) is 24.0 Å². The van der Waals surface area contributed by atoms with Crippen LogP contribution in [0, 0.1) is 0 Å². The maximum absolute atomic E-state index is 5.40. The van der Waals surface area contributed by atoms with Gasteiger partial charge in [-0.2, -0.15) is 0 Å². The largest absolute Gasteiger partial charge is 0.361 e. The summed E-state index contributed by atoms with van der Waals surface area (Å²) in [6, 6.07) is 0. The van der Waals surface area contributed by atoms with Gasteiger partial charge in [0.2, 0.25) is 0 Å². The average Bonchev–Trinajstić information content (AvgIpc) is 2.98. The van der Waals surface area contributed by atoms with E-state index >= 15 is 0 Å². The molecule has 1 aromatic rings. The van der Waals surface area contributed by atoms with E-state index in [2.05, 4.69) is 53.4 Å². The van der Waals surface area contributed by atoms with Gasteiger partial charge in [0, 0.05) is 38.7 Å². The number of aryl methyl sites for hydroxylation is 2. The van der Waals surface area contributed by atoms with Gasteiger partial charge in [-0.1, -0.05) is 32.9 Å². The monoisotopic (exact) mass is 451 g/mol. The average molecular weight is 451 g/mol. The first-order valence-corrected chi connectivity index (χ1v) is 8.83. The Kier molecular flexibility index (Phi) is 13.0. The first kappa shape index (κ1) is 23.2. The molecule has 0 saturated heterocycles. The van der Waals surface area contributed by atoms with Gasteiger partial charge < -0.3 is 20.1 Å². The number of likely N-dealkylation sites (N-methyl/N-ethyl adjacent to an activating group) is 1. The lowest BCUT2D eigenvalue weighted by molar-refractivity contribution is 0.293. The first-order valence-electron chi connectivity index (χ1n) is 8.83. The fourth-order valence-corrected chi connectivity index (χ4v) is 2.61. The zero-order valence-corrected chi connectivity index (χ0v) is 18.1. The Bertz CT molecular complexity index is 454. The minimum atomic E-state index is 0. The molecule has 6 nitrogen and oxygen atoms in total. The lowest BCUT2D eigenvalue weighted by Gasteiger charge is -2.20. The van der Waals surface area contributed by atoms with E-state index in [1.54, 1.807) is 7.05 Å². The molecule has 0 radical (unpaired) electrons. The van der Waals surface area contributed by atoms with Crippen molar-refractivity contribution >= 4 is 29.9 Å². The Hall–Kier alpha value is -0.830. The quantitative estimate of drug-likeness (QED) is 0.326. The Labute approximate surface area is 163 Å². The second-order valence-corrected chi connectivity index (χ2v) is 5.52. The van der Waals surface area contributed by atoms with E-state index in [1.807, 2.05) is 0 Å².